The van der Waals surface area contributed by atoms with E-state index < -0.39 is 0 Å². The lowest BCUT2D eigenvalue weighted by atomic mass is 9.52. The third-order valence-corrected chi connectivity index (χ3v) is 4.16. The van der Waals surface area contributed by atoms with E-state index in [-0.39, 0.29) is 0 Å². The average Bonchev–Trinajstić information content (AvgIpc) is 1.98. The van der Waals surface area contributed by atoms with Crippen LogP contribution in [0.3, 0.4) is 0 Å². The molecule has 0 aliphatic heterocycles. The van der Waals surface area contributed by atoms with Gasteiger partial charge in [-0.2, -0.15) is 0 Å². The van der Waals surface area contributed by atoms with Gasteiger partial charge in [0.1, 0.15) is 0 Å². The van der Waals surface area contributed by atoms with Crippen molar-refractivity contribution in [3.8, 4) is 0 Å². The van der Waals surface area contributed by atoms with Crippen LogP contribution < -0.4 is 0 Å². The highest BCUT2D eigenvalue weighted by atomic mass is 14.5. The van der Waals surface area contributed by atoms with E-state index in [1.165, 1.54) is 12.8 Å². The zero-order chi connectivity index (χ0) is 8.65. The van der Waals surface area contributed by atoms with Gasteiger partial charge >= 0.3 is 0 Å². The van der Waals surface area contributed by atoms with Gasteiger partial charge in [-0.3, -0.25) is 0 Å². The van der Waals surface area contributed by atoms with Crippen molar-refractivity contribution >= 4 is 0 Å². The van der Waals surface area contributed by atoms with E-state index in [0.717, 1.165) is 17.8 Å². The van der Waals surface area contributed by atoms with Crippen LogP contribution in [0.5, 0.6) is 0 Å². The summed E-state index contributed by atoms with van der Waals surface area (Å²) in [4.78, 5) is 0. The van der Waals surface area contributed by atoms with Gasteiger partial charge in [-0.25, -0.2) is 0 Å². The van der Waals surface area contributed by atoms with Crippen molar-refractivity contribution in [3.63, 3.8) is 0 Å². The number of hydrogen-bond acceptors (Lipinski definition) is 0. The van der Waals surface area contributed by atoms with Crippen molar-refractivity contribution in [3.05, 3.63) is 0 Å². The molecule has 0 N–H and O–H groups in total. The predicted octanol–water partition coefficient (Wildman–Crippen LogP) is 3.71. The molecule has 0 aromatic rings. The zero-order valence-electron chi connectivity index (χ0n) is 8.65. The number of rotatable bonds is 2. The minimum absolute atomic E-state index is 0.620. The van der Waals surface area contributed by atoms with E-state index in [9.17, 15) is 0 Å². The first-order chi connectivity index (χ1) is 5.00. The van der Waals surface area contributed by atoms with Crippen LogP contribution >= 0.6 is 0 Å². The molecule has 1 saturated carbocycles. The van der Waals surface area contributed by atoms with Gasteiger partial charge in [0.25, 0.3) is 0 Å². The van der Waals surface area contributed by atoms with E-state index in [1.807, 2.05) is 0 Å². The molecule has 3 unspecified atom stereocenters. The fourth-order valence-electron chi connectivity index (χ4n) is 2.44. The molecule has 0 heterocycles. The van der Waals surface area contributed by atoms with E-state index in [4.69, 9.17) is 0 Å². The average molecular weight is 154 g/mol. The Morgan fingerprint density at radius 1 is 1.45 bits per heavy atom. The summed E-state index contributed by atoms with van der Waals surface area (Å²) in [6.45, 7) is 12.0. The van der Waals surface area contributed by atoms with Gasteiger partial charge in [0.05, 0.1) is 0 Å². The summed E-state index contributed by atoms with van der Waals surface area (Å²) in [6, 6.07) is 0. The summed E-state index contributed by atoms with van der Waals surface area (Å²) in [5, 5.41) is 0. The molecule has 0 aromatic carbocycles. The van der Waals surface area contributed by atoms with Crippen molar-refractivity contribution < 1.29 is 0 Å². The Kier molecular flexibility index (Phi) is 2.32. The molecule has 0 radical (unpaired) electrons. The molecule has 0 saturated heterocycles. The Hall–Kier alpha value is 0. The van der Waals surface area contributed by atoms with Gasteiger partial charge in [-0.15, -0.1) is 0 Å². The Balaban J connectivity index is 2.52. The fraction of sp³-hybridized carbons (Fsp3) is 1.00. The summed E-state index contributed by atoms with van der Waals surface area (Å²) in [5.41, 5.74) is 0.620. The molecular weight excluding hydrogens is 132 g/mol. The molecule has 0 heteroatoms. The first-order valence-corrected chi connectivity index (χ1v) is 5.00. The van der Waals surface area contributed by atoms with Gasteiger partial charge in [-0.05, 0) is 29.6 Å². The molecule has 1 fully saturated rings. The molecule has 66 valence electrons. The topological polar surface area (TPSA) is 0 Å². The third kappa shape index (κ3) is 1.32. The van der Waals surface area contributed by atoms with Crippen LogP contribution in [0.2, 0.25) is 0 Å². The summed E-state index contributed by atoms with van der Waals surface area (Å²) < 4.78 is 0. The SMILES string of the molecule is CCC(C)C1CC(C)C1(C)C. The molecule has 1 aliphatic rings. The second kappa shape index (κ2) is 2.80. The Bertz CT molecular complexity index is 135. The van der Waals surface area contributed by atoms with E-state index in [2.05, 4.69) is 34.6 Å². The van der Waals surface area contributed by atoms with Crippen molar-refractivity contribution in [2.24, 2.45) is 23.2 Å². The van der Waals surface area contributed by atoms with Crippen LogP contribution in [-0.2, 0) is 0 Å². The summed E-state index contributed by atoms with van der Waals surface area (Å²) in [6.07, 6.45) is 2.81. The smallest absolute Gasteiger partial charge is 0.0297 e. The van der Waals surface area contributed by atoms with E-state index >= 15 is 0 Å². The lowest BCUT2D eigenvalue weighted by Crippen LogP contribution is -2.46. The molecule has 0 nitrogen and oxygen atoms in total. The van der Waals surface area contributed by atoms with Crippen LogP contribution in [0.15, 0.2) is 0 Å². The van der Waals surface area contributed by atoms with E-state index in [1.54, 1.807) is 0 Å². The normalized spacial score (nSPS) is 37.9. The molecule has 0 bridgehead atoms. The summed E-state index contributed by atoms with van der Waals surface area (Å²) >= 11 is 0. The minimum atomic E-state index is 0.620. The van der Waals surface area contributed by atoms with Crippen LogP contribution in [0, 0.1) is 23.2 Å². The lowest BCUT2D eigenvalue weighted by Gasteiger charge is -2.53. The van der Waals surface area contributed by atoms with Gasteiger partial charge in [0.15, 0.2) is 0 Å². The maximum Gasteiger partial charge on any atom is -0.0297 e. The largest absolute Gasteiger partial charge is 0.0651 e. The second-order valence-electron chi connectivity index (χ2n) is 4.95. The molecule has 0 aromatic heterocycles. The van der Waals surface area contributed by atoms with Gasteiger partial charge in [0, 0.05) is 0 Å². The standard InChI is InChI=1S/C11H22/c1-6-8(2)10-7-9(3)11(10,4)5/h8-10H,6-7H2,1-5H3. The first kappa shape index (κ1) is 9.09. The molecule has 0 spiro atoms. The maximum atomic E-state index is 2.43. The van der Waals surface area contributed by atoms with Gasteiger partial charge < -0.3 is 0 Å². The molecular formula is C11H22. The summed E-state index contributed by atoms with van der Waals surface area (Å²) in [5.74, 6) is 2.87. The lowest BCUT2D eigenvalue weighted by molar-refractivity contribution is -0.0431. The predicted molar refractivity (Wildman–Crippen MR) is 50.5 cm³/mol. The van der Waals surface area contributed by atoms with E-state index in [0.29, 0.717) is 5.41 Å². The quantitative estimate of drug-likeness (QED) is 0.568. The maximum absolute atomic E-state index is 2.43. The molecule has 3 atom stereocenters. The van der Waals surface area contributed by atoms with Crippen molar-refractivity contribution in [2.75, 3.05) is 0 Å². The van der Waals surface area contributed by atoms with Gasteiger partial charge in [0.2, 0.25) is 0 Å². The molecule has 11 heavy (non-hydrogen) atoms. The highest BCUT2D eigenvalue weighted by Gasteiger charge is 2.46. The molecule has 0 amide bonds. The first-order valence-electron chi connectivity index (χ1n) is 5.00. The van der Waals surface area contributed by atoms with Crippen LogP contribution in [-0.4, -0.2) is 0 Å². The van der Waals surface area contributed by atoms with Crippen molar-refractivity contribution in [1.82, 2.24) is 0 Å². The van der Waals surface area contributed by atoms with Crippen LogP contribution in [0.1, 0.15) is 47.5 Å². The fourth-order valence-corrected chi connectivity index (χ4v) is 2.44. The number of hydrogen-bond donors (Lipinski definition) is 0. The minimum Gasteiger partial charge on any atom is -0.0651 e. The highest BCUT2D eigenvalue weighted by molar-refractivity contribution is 4.95. The van der Waals surface area contributed by atoms with Crippen molar-refractivity contribution in [1.29, 1.82) is 0 Å². The molecule has 1 rings (SSSR count). The Labute approximate surface area is 71.4 Å². The zero-order valence-corrected chi connectivity index (χ0v) is 8.65. The highest BCUT2D eigenvalue weighted by Crippen LogP contribution is 2.54. The molecule has 1 aliphatic carbocycles. The van der Waals surface area contributed by atoms with Crippen molar-refractivity contribution in [2.45, 2.75) is 47.5 Å². The van der Waals surface area contributed by atoms with Crippen LogP contribution in [0.25, 0.3) is 0 Å². The van der Waals surface area contributed by atoms with Crippen LogP contribution in [0.4, 0.5) is 0 Å². The third-order valence-electron chi connectivity index (χ3n) is 4.16. The van der Waals surface area contributed by atoms with Gasteiger partial charge in [-0.1, -0.05) is 41.0 Å². The Morgan fingerprint density at radius 2 is 2.00 bits per heavy atom. The Morgan fingerprint density at radius 3 is 2.27 bits per heavy atom. The summed E-state index contributed by atoms with van der Waals surface area (Å²) in [7, 11) is 0. The monoisotopic (exact) mass is 154 g/mol. The second-order valence-corrected chi connectivity index (χ2v) is 4.95.